The molecule has 0 aliphatic carbocycles. The number of aryl methyl sites for hydroxylation is 1. The minimum absolute atomic E-state index is 0.172. The van der Waals surface area contributed by atoms with E-state index in [1.807, 2.05) is 0 Å². The van der Waals surface area contributed by atoms with Gasteiger partial charge in [-0.25, -0.2) is 12.7 Å². The number of nitrogens with zero attached hydrogens (tertiary/aromatic N) is 2. The molecule has 1 aromatic rings. The zero-order chi connectivity index (χ0) is 19.2. The lowest BCUT2D eigenvalue weighted by Gasteiger charge is -2.32. The van der Waals surface area contributed by atoms with Crippen LogP contribution in [0.4, 0.5) is 0 Å². The Morgan fingerprint density at radius 1 is 1.35 bits per heavy atom. The first-order chi connectivity index (χ1) is 12.4. The van der Waals surface area contributed by atoms with Crippen LogP contribution >= 0.6 is 0 Å². The van der Waals surface area contributed by atoms with E-state index in [0.29, 0.717) is 19.0 Å². The number of hydrogen-bond acceptors (Lipinski definition) is 3. The van der Waals surface area contributed by atoms with Crippen LogP contribution in [-0.2, 0) is 10.0 Å². The number of sulfonamides is 1. The third-order valence-corrected chi connectivity index (χ3v) is 6.84. The van der Waals surface area contributed by atoms with Crippen molar-refractivity contribution < 1.29 is 8.42 Å². The van der Waals surface area contributed by atoms with Gasteiger partial charge in [-0.2, -0.15) is 0 Å². The lowest BCUT2D eigenvalue weighted by atomic mass is 9.99. The first-order valence-electron chi connectivity index (χ1n) is 9.37. The number of guanidine groups is 1. The molecule has 26 heavy (non-hydrogen) atoms. The second-order valence-electron chi connectivity index (χ2n) is 6.99. The summed E-state index contributed by atoms with van der Waals surface area (Å²) in [5.41, 5.74) is 2.58. The molecule has 0 radical (unpaired) electrons. The Hall–Kier alpha value is -1.60. The van der Waals surface area contributed by atoms with Crippen LogP contribution < -0.4 is 10.6 Å². The molecule has 1 heterocycles. The quantitative estimate of drug-likeness (QED) is 0.585. The minimum Gasteiger partial charge on any atom is -0.356 e. The summed E-state index contributed by atoms with van der Waals surface area (Å²) in [4.78, 5) is 4.31. The Morgan fingerprint density at radius 3 is 2.62 bits per heavy atom. The van der Waals surface area contributed by atoms with Gasteiger partial charge in [0.2, 0.25) is 10.0 Å². The van der Waals surface area contributed by atoms with Gasteiger partial charge in [0.1, 0.15) is 0 Å². The van der Waals surface area contributed by atoms with Crippen LogP contribution in [0.15, 0.2) is 29.3 Å². The van der Waals surface area contributed by atoms with Crippen LogP contribution in [0.5, 0.6) is 0 Å². The third kappa shape index (κ3) is 5.71. The van der Waals surface area contributed by atoms with E-state index in [9.17, 15) is 8.42 Å². The number of nitrogens with one attached hydrogen (secondary N) is 2. The fourth-order valence-electron chi connectivity index (χ4n) is 3.19. The van der Waals surface area contributed by atoms with E-state index in [1.54, 1.807) is 18.3 Å². The topological polar surface area (TPSA) is 73.8 Å². The van der Waals surface area contributed by atoms with Gasteiger partial charge >= 0.3 is 0 Å². The summed E-state index contributed by atoms with van der Waals surface area (Å²) in [5.74, 6) is 1.33. The van der Waals surface area contributed by atoms with Gasteiger partial charge in [-0.3, -0.25) is 4.99 Å². The molecule has 1 aliphatic rings. The Kier molecular flexibility index (Phi) is 7.46. The third-order valence-electron chi connectivity index (χ3n) is 4.96. The molecule has 0 spiro atoms. The summed E-state index contributed by atoms with van der Waals surface area (Å²) in [6, 6.07) is 8.81. The predicted molar refractivity (Wildman–Crippen MR) is 108 cm³/mol. The molecule has 1 atom stereocenters. The van der Waals surface area contributed by atoms with Crippen LogP contribution in [0.3, 0.4) is 0 Å². The van der Waals surface area contributed by atoms with Gasteiger partial charge in [-0.15, -0.1) is 0 Å². The molecule has 7 heteroatoms. The van der Waals surface area contributed by atoms with Crippen molar-refractivity contribution >= 4 is 16.0 Å². The molecule has 1 unspecified atom stereocenters. The highest BCUT2D eigenvalue weighted by atomic mass is 32.2. The molecule has 2 rings (SSSR count). The molecular formula is C19H32N4O2S. The summed E-state index contributed by atoms with van der Waals surface area (Å²) < 4.78 is 25.5. The number of aliphatic imine (C=N–C) groups is 1. The van der Waals surface area contributed by atoms with E-state index < -0.39 is 10.0 Å². The molecule has 0 aromatic heterocycles. The van der Waals surface area contributed by atoms with Crippen molar-refractivity contribution in [2.45, 2.75) is 45.6 Å². The molecule has 1 aliphatic heterocycles. The summed E-state index contributed by atoms with van der Waals surface area (Å²) >= 11 is 0. The van der Waals surface area contributed by atoms with Crippen LogP contribution in [0.2, 0.25) is 0 Å². The average Bonchev–Trinajstić information content (AvgIpc) is 2.65. The fourth-order valence-corrected chi connectivity index (χ4v) is 4.33. The van der Waals surface area contributed by atoms with Gasteiger partial charge in [0, 0.05) is 32.7 Å². The molecule has 1 fully saturated rings. The van der Waals surface area contributed by atoms with E-state index in [1.165, 1.54) is 11.1 Å². The molecule has 0 amide bonds. The Bertz CT molecular complexity index is 710. The van der Waals surface area contributed by atoms with Crippen molar-refractivity contribution in [3.63, 3.8) is 0 Å². The predicted octanol–water partition coefficient (Wildman–Crippen LogP) is 2.08. The maximum atomic E-state index is 11.9. The van der Waals surface area contributed by atoms with Gasteiger partial charge < -0.3 is 10.6 Å². The second kappa shape index (κ2) is 9.37. The van der Waals surface area contributed by atoms with Gasteiger partial charge in [0.15, 0.2) is 5.96 Å². The minimum atomic E-state index is -3.07. The molecule has 1 aromatic carbocycles. The summed E-state index contributed by atoms with van der Waals surface area (Å²) in [7, 11) is -1.31. The lowest BCUT2D eigenvalue weighted by Crippen LogP contribution is -2.50. The molecule has 6 nitrogen and oxygen atoms in total. The molecule has 0 bridgehead atoms. The fraction of sp³-hybridized carbons (Fsp3) is 0.632. The van der Waals surface area contributed by atoms with Crippen molar-refractivity contribution in [3.8, 4) is 0 Å². The molecular weight excluding hydrogens is 348 g/mol. The molecule has 146 valence electrons. The van der Waals surface area contributed by atoms with E-state index in [-0.39, 0.29) is 11.8 Å². The number of benzene rings is 1. The van der Waals surface area contributed by atoms with Gasteiger partial charge in [0.25, 0.3) is 0 Å². The van der Waals surface area contributed by atoms with Gasteiger partial charge in [-0.05, 0) is 38.2 Å². The standard InChI is InChI=1S/C19H32N4O2S/c1-5-26(24,25)23-11-9-18(10-12-23)22-19(20-4)21-14-16(3)17-8-6-7-15(2)13-17/h6-8,13,16,18H,5,9-12,14H2,1-4H3,(H2,20,21,22). The van der Waals surface area contributed by atoms with Crippen LogP contribution in [0.25, 0.3) is 0 Å². The van der Waals surface area contributed by atoms with Crippen molar-refractivity contribution in [1.82, 2.24) is 14.9 Å². The van der Waals surface area contributed by atoms with Crippen LogP contribution in [-0.4, -0.2) is 57.2 Å². The number of hydrogen-bond donors (Lipinski definition) is 2. The lowest BCUT2D eigenvalue weighted by molar-refractivity contribution is 0.306. The largest absolute Gasteiger partial charge is 0.356 e. The van der Waals surface area contributed by atoms with Crippen molar-refractivity contribution in [1.29, 1.82) is 0 Å². The zero-order valence-electron chi connectivity index (χ0n) is 16.3. The highest BCUT2D eigenvalue weighted by Gasteiger charge is 2.27. The number of rotatable bonds is 6. The zero-order valence-corrected chi connectivity index (χ0v) is 17.1. The van der Waals surface area contributed by atoms with Gasteiger partial charge in [-0.1, -0.05) is 36.8 Å². The summed E-state index contributed by atoms with van der Waals surface area (Å²) in [6.07, 6.45) is 1.60. The smallest absolute Gasteiger partial charge is 0.213 e. The van der Waals surface area contributed by atoms with Crippen molar-refractivity contribution in [2.24, 2.45) is 4.99 Å². The van der Waals surface area contributed by atoms with Crippen LogP contribution in [0.1, 0.15) is 43.7 Å². The SMILES string of the molecule is CCS(=O)(=O)N1CCC(NC(=NC)NCC(C)c2cccc(C)c2)CC1. The Morgan fingerprint density at radius 2 is 2.04 bits per heavy atom. The Labute approximate surface area is 158 Å². The van der Waals surface area contributed by atoms with E-state index in [0.717, 1.165) is 25.3 Å². The summed E-state index contributed by atoms with van der Waals surface area (Å²) in [5, 5.41) is 6.83. The van der Waals surface area contributed by atoms with Crippen molar-refractivity contribution in [2.75, 3.05) is 32.4 Å². The maximum absolute atomic E-state index is 11.9. The molecule has 2 N–H and O–H groups in total. The average molecular weight is 381 g/mol. The molecule has 0 saturated carbocycles. The maximum Gasteiger partial charge on any atom is 0.213 e. The molecule has 1 saturated heterocycles. The van der Waals surface area contributed by atoms with Crippen molar-refractivity contribution in [3.05, 3.63) is 35.4 Å². The van der Waals surface area contributed by atoms with E-state index >= 15 is 0 Å². The first-order valence-corrected chi connectivity index (χ1v) is 11.0. The highest BCUT2D eigenvalue weighted by molar-refractivity contribution is 7.89. The second-order valence-corrected chi connectivity index (χ2v) is 9.24. The highest BCUT2D eigenvalue weighted by Crippen LogP contribution is 2.16. The summed E-state index contributed by atoms with van der Waals surface area (Å²) in [6.45, 7) is 7.94. The van der Waals surface area contributed by atoms with E-state index in [2.05, 4.69) is 53.7 Å². The number of piperidine rings is 1. The van der Waals surface area contributed by atoms with Crippen LogP contribution in [0, 0.1) is 6.92 Å². The Balaban J connectivity index is 1.81. The normalized spacial score (nSPS) is 18.5. The first kappa shape index (κ1) is 20.7. The monoisotopic (exact) mass is 380 g/mol. The van der Waals surface area contributed by atoms with Gasteiger partial charge in [0.05, 0.1) is 5.75 Å². The van der Waals surface area contributed by atoms with E-state index in [4.69, 9.17) is 0 Å².